The summed E-state index contributed by atoms with van der Waals surface area (Å²) in [4.78, 5) is 12.3. The van der Waals surface area contributed by atoms with Crippen molar-refractivity contribution in [2.24, 2.45) is 0 Å². The number of nitrogens with one attached hydrogen (secondary N) is 2. The van der Waals surface area contributed by atoms with Crippen LogP contribution in [0.25, 0.3) is 0 Å². The quantitative estimate of drug-likeness (QED) is 0.788. The second-order valence-corrected chi connectivity index (χ2v) is 7.53. The first-order valence-corrected chi connectivity index (χ1v) is 9.20. The lowest BCUT2D eigenvalue weighted by atomic mass is 10.1. The van der Waals surface area contributed by atoms with Crippen molar-refractivity contribution in [3.8, 4) is 0 Å². The second kappa shape index (κ2) is 7.59. The number of carbonyl (C=O) groups is 1. The Kier molecular flexibility index (Phi) is 5.75. The third-order valence-corrected chi connectivity index (χ3v) is 5.22. The number of carbonyl (C=O) groups excluding carboxylic acids is 1. The van der Waals surface area contributed by atoms with Crippen LogP contribution in [0.4, 0.5) is 0 Å². The van der Waals surface area contributed by atoms with Gasteiger partial charge in [-0.05, 0) is 50.1 Å². The van der Waals surface area contributed by atoms with Crippen molar-refractivity contribution in [1.29, 1.82) is 0 Å². The fourth-order valence-corrected chi connectivity index (χ4v) is 3.68. The van der Waals surface area contributed by atoms with Crippen molar-refractivity contribution in [2.45, 2.75) is 25.7 Å². The minimum atomic E-state index is -3.58. The fraction of sp³-hybridized carbons (Fsp3) is 0.278. The van der Waals surface area contributed by atoms with Gasteiger partial charge in [0.15, 0.2) is 0 Å². The van der Waals surface area contributed by atoms with Gasteiger partial charge in [0.2, 0.25) is 10.0 Å². The van der Waals surface area contributed by atoms with E-state index < -0.39 is 10.0 Å². The molecule has 0 aliphatic heterocycles. The molecule has 0 saturated carbocycles. The maximum absolute atomic E-state index is 12.3. The van der Waals surface area contributed by atoms with E-state index in [1.54, 1.807) is 31.2 Å². The number of amides is 1. The molecule has 0 spiro atoms. The van der Waals surface area contributed by atoms with Crippen LogP contribution in [0.3, 0.4) is 0 Å². The van der Waals surface area contributed by atoms with Crippen molar-refractivity contribution in [2.75, 3.05) is 13.1 Å². The van der Waals surface area contributed by atoms with Crippen molar-refractivity contribution < 1.29 is 13.2 Å². The molecule has 0 bridgehead atoms. The highest BCUT2D eigenvalue weighted by Gasteiger charge is 2.16. The lowest BCUT2D eigenvalue weighted by Crippen LogP contribution is -2.35. The molecule has 0 radical (unpaired) electrons. The van der Waals surface area contributed by atoms with E-state index in [4.69, 9.17) is 0 Å². The topological polar surface area (TPSA) is 75.3 Å². The number of rotatable bonds is 6. The predicted octanol–water partition coefficient (Wildman–Crippen LogP) is 2.32. The Morgan fingerprint density at radius 2 is 1.67 bits per heavy atom. The van der Waals surface area contributed by atoms with E-state index in [0.717, 1.165) is 11.1 Å². The third kappa shape index (κ3) is 4.66. The van der Waals surface area contributed by atoms with E-state index in [1.807, 2.05) is 32.0 Å². The van der Waals surface area contributed by atoms with E-state index in [2.05, 4.69) is 10.0 Å². The fourth-order valence-electron chi connectivity index (χ4n) is 2.32. The lowest BCUT2D eigenvalue weighted by molar-refractivity contribution is 0.0954. The Morgan fingerprint density at radius 3 is 2.38 bits per heavy atom. The Hall–Kier alpha value is -2.18. The van der Waals surface area contributed by atoms with Gasteiger partial charge < -0.3 is 5.32 Å². The van der Waals surface area contributed by atoms with Gasteiger partial charge in [0.1, 0.15) is 0 Å². The normalized spacial score (nSPS) is 11.3. The molecule has 2 rings (SSSR count). The molecule has 128 valence electrons. The summed E-state index contributed by atoms with van der Waals surface area (Å²) in [5.74, 6) is -0.218. The summed E-state index contributed by atoms with van der Waals surface area (Å²) >= 11 is 0. The van der Waals surface area contributed by atoms with Crippen LogP contribution in [0.15, 0.2) is 47.4 Å². The molecule has 0 fully saturated rings. The monoisotopic (exact) mass is 346 g/mol. The highest BCUT2D eigenvalue weighted by atomic mass is 32.2. The first-order valence-electron chi connectivity index (χ1n) is 7.71. The van der Waals surface area contributed by atoms with E-state index in [9.17, 15) is 13.2 Å². The Labute approximate surface area is 143 Å². The summed E-state index contributed by atoms with van der Waals surface area (Å²) in [6.45, 7) is 5.87. The molecule has 2 aromatic carbocycles. The molecular formula is C18H22N2O3S. The molecular weight excluding hydrogens is 324 g/mol. The summed E-state index contributed by atoms with van der Waals surface area (Å²) in [5.41, 5.74) is 3.14. The number of aryl methyl sites for hydroxylation is 3. The van der Waals surface area contributed by atoms with Gasteiger partial charge in [-0.2, -0.15) is 0 Å². The molecule has 0 aromatic heterocycles. The van der Waals surface area contributed by atoms with Gasteiger partial charge in [-0.3, -0.25) is 4.79 Å². The standard InChI is InChI=1S/C18H22N2O3S/c1-13-5-4-6-16(11-13)18(21)19-9-10-20-24(22,23)17-12-14(2)7-8-15(17)3/h4-8,11-12,20H,9-10H2,1-3H3,(H,19,21). The van der Waals surface area contributed by atoms with Crippen LogP contribution in [0.2, 0.25) is 0 Å². The van der Waals surface area contributed by atoms with Crippen LogP contribution in [0.5, 0.6) is 0 Å². The highest BCUT2D eigenvalue weighted by molar-refractivity contribution is 7.89. The summed E-state index contributed by atoms with van der Waals surface area (Å²) in [6, 6.07) is 12.5. The zero-order valence-electron chi connectivity index (χ0n) is 14.1. The molecule has 6 heteroatoms. The van der Waals surface area contributed by atoms with Crippen LogP contribution >= 0.6 is 0 Å². The van der Waals surface area contributed by atoms with Crippen LogP contribution in [0.1, 0.15) is 27.0 Å². The second-order valence-electron chi connectivity index (χ2n) is 5.79. The first-order chi connectivity index (χ1) is 11.3. The highest BCUT2D eigenvalue weighted by Crippen LogP contribution is 2.16. The molecule has 0 unspecified atom stereocenters. The molecule has 2 aromatic rings. The first kappa shape index (κ1) is 18.2. The molecule has 2 N–H and O–H groups in total. The Bertz CT molecular complexity index is 845. The van der Waals surface area contributed by atoms with Crippen molar-refractivity contribution in [3.05, 3.63) is 64.7 Å². The number of benzene rings is 2. The van der Waals surface area contributed by atoms with E-state index in [0.29, 0.717) is 11.1 Å². The number of sulfonamides is 1. The summed E-state index contributed by atoms with van der Waals surface area (Å²) < 4.78 is 27.2. The SMILES string of the molecule is Cc1cccc(C(=O)NCCNS(=O)(=O)c2cc(C)ccc2C)c1. The average molecular weight is 346 g/mol. The van der Waals surface area contributed by atoms with Crippen molar-refractivity contribution >= 4 is 15.9 Å². The Balaban J connectivity index is 1.92. The molecule has 5 nitrogen and oxygen atoms in total. The summed E-state index contributed by atoms with van der Waals surface area (Å²) in [5, 5.41) is 2.71. The molecule has 0 aliphatic carbocycles. The van der Waals surface area contributed by atoms with E-state index in [-0.39, 0.29) is 23.9 Å². The minimum absolute atomic E-state index is 0.132. The van der Waals surface area contributed by atoms with Gasteiger partial charge in [-0.25, -0.2) is 13.1 Å². The molecule has 0 saturated heterocycles. The maximum Gasteiger partial charge on any atom is 0.251 e. The Morgan fingerprint density at radius 1 is 0.958 bits per heavy atom. The molecule has 1 amide bonds. The minimum Gasteiger partial charge on any atom is -0.351 e. The summed E-state index contributed by atoms with van der Waals surface area (Å²) in [7, 11) is -3.58. The van der Waals surface area contributed by atoms with Crippen molar-refractivity contribution in [1.82, 2.24) is 10.0 Å². The van der Waals surface area contributed by atoms with Gasteiger partial charge in [0.05, 0.1) is 4.90 Å². The zero-order valence-corrected chi connectivity index (χ0v) is 14.9. The number of hydrogen-bond acceptors (Lipinski definition) is 3. The molecule has 24 heavy (non-hydrogen) atoms. The third-order valence-electron chi connectivity index (χ3n) is 3.62. The average Bonchev–Trinajstić information content (AvgIpc) is 2.53. The van der Waals surface area contributed by atoms with Crippen LogP contribution in [-0.2, 0) is 10.0 Å². The van der Waals surface area contributed by atoms with E-state index >= 15 is 0 Å². The molecule has 0 heterocycles. The zero-order chi connectivity index (χ0) is 17.7. The lowest BCUT2D eigenvalue weighted by Gasteiger charge is -2.11. The van der Waals surface area contributed by atoms with Crippen LogP contribution in [0, 0.1) is 20.8 Å². The van der Waals surface area contributed by atoms with Gasteiger partial charge in [0, 0.05) is 18.7 Å². The predicted molar refractivity (Wildman–Crippen MR) is 94.6 cm³/mol. The van der Waals surface area contributed by atoms with Gasteiger partial charge >= 0.3 is 0 Å². The molecule has 0 aliphatic rings. The van der Waals surface area contributed by atoms with Gasteiger partial charge in [-0.1, -0.05) is 29.8 Å². The van der Waals surface area contributed by atoms with Crippen LogP contribution in [-0.4, -0.2) is 27.4 Å². The maximum atomic E-state index is 12.3. The smallest absolute Gasteiger partial charge is 0.251 e. The van der Waals surface area contributed by atoms with E-state index in [1.165, 1.54) is 0 Å². The van der Waals surface area contributed by atoms with Crippen molar-refractivity contribution in [3.63, 3.8) is 0 Å². The largest absolute Gasteiger partial charge is 0.351 e. The molecule has 0 atom stereocenters. The van der Waals surface area contributed by atoms with Gasteiger partial charge in [0.25, 0.3) is 5.91 Å². The summed E-state index contributed by atoms with van der Waals surface area (Å²) in [6.07, 6.45) is 0. The van der Waals surface area contributed by atoms with Crippen LogP contribution < -0.4 is 10.0 Å². The van der Waals surface area contributed by atoms with Gasteiger partial charge in [-0.15, -0.1) is 0 Å². The number of hydrogen-bond donors (Lipinski definition) is 2.